The lowest BCUT2D eigenvalue weighted by Gasteiger charge is -2.41. The largest absolute Gasteiger partial charge is 0.385 e. The third-order valence-electron chi connectivity index (χ3n) is 4.53. The highest BCUT2D eigenvalue weighted by Gasteiger charge is 2.38. The Hall–Kier alpha value is -1.45. The highest BCUT2D eigenvalue weighted by molar-refractivity contribution is 7.88. The molecule has 1 aromatic heterocycles. The number of nitrogens with one attached hydrogen (secondary N) is 1. The second-order valence-corrected chi connectivity index (χ2v) is 8.23. The molecule has 8 nitrogen and oxygen atoms in total. The summed E-state index contributed by atoms with van der Waals surface area (Å²) in [7, 11) is 0.0637. The Bertz CT molecular complexity index is 671. The summed E-state index contributed by atoms with van der Waals surface area (Å²) in [5, 5.41) is 4.22. The molecule has 0 aromatic carbocycles. The topological polar surface area (TPSA) is 93.5 Å². The Balaban J connectivity index is 2.07. The molecule has 0 bridgehead atoms. The number of sulfonamides is 1. The van der Waals surface area contributed by atoms with Crippen LogP contribution in [0.15, 0.2) is 6.07 Å². The molecular formula is C15H26N4O4S. The summed E-state index contributed by atoms with van der Waals surface area (Å²) in [4.78, 5) is 14.3. The summed E-state index contributed by atoms with van der Waals surface area (Å²) >= 11 is 0. The minimum Gasteiger partial charge on any atom is -0.385 e. The highest BCUT2D eigenvalue weighted by atomic mass is 32.2. The van der Waals surface area contributed by atoms with Gasteiger partial charge in [0.2, 0.25) is 10.0 Å². The summed E-state index contributed by atoms with van der Waals surface area (Å²) in [6.45, 7) is 3.34. The standard InChI is InChI=1S/C15H26N4O4S/c1-12-11-13(16-18(12)2)14(20)19-8-5-15(6-9-19,7-10-23-3)17-24(4,21)22/h11,17H,5-10H2,1-4H3. The number of aryl methyl sites for hydroxylation is 2. The van der Waals surface area contributed by atoms with Crippen molar-refractivity contribution in [1.82, 2.24) is 19.4 Å². The van der Waals surface area contributed by atoms with E-state index in [1.54, 1.807) is 29.8 Å². The quantitative estimate of drug-likeness (QED) is 0.789. The normalized spacial score (nSPS) is 17.9. The van der Waals surface area contributed by atoms with Crippen molar-refractivity contribution in [3.05, 3.63) is 17.5 Å². The first-order valence-corrected chi connectivity index (χ1v) is 9.83. The number of aromatic nitrogens is 2. The molecule has 24 heavy (non-hydrogen) atoms. The highest BCUT2D eigenvalue weighted by Crippen LogP contribution is 2.27. The third-order valence-corrected chi connectivity index (χ3v) is 5.33. The van der Waals surface area contributed by atoms with Crippen LogP contribution in [0.2, 0.25) is 0 Å². The second-order valence-electron chi connectivity index (χ2n) is 6.48. The van der Waals surface area contributed by atoms with E-state index in [9.17, 15) is 13.2 Å². The lowest BCUT2D eigenvalue weighted by molar-refractivity contribution is 0.0614. The van der Waals surface area contributed by atoms with Gasteiger partial charge in [0.15, 0.2) is 5.69 Å². The molecule has 2 heterocycles. The number of amides is 1. The summed E-state index contributed by atoms with van der Waals surface area (Å²) in [5.74, 6) is -0.113. The maximum atomic E-state index is 12.6. The van der Waals surface area contributed by atoms with Crippen LogP contribution in [0.25, 0.3) is 0 Å². The minimum atomic E-state index is -3.33. The van der Waals surface area contributed by atoms with E-state index >= 15 is 0 Å². The van der Waals surface area contributed by atoms with Crippen LogP contribution >= 0.6 is 0 Å². The van der Waals surface area contributed by atoms with Crippen molar-refractivity contribution in [2.24, 2.45) is 7.05 Å². The molecule has 0 radical (unpaired) electrons. The number of likely N-dealkylation sites (tertiary alicyclic amines) is 1. The summed E-state index contributed by atoms with van der Waals surface area (Å²) in [5.41, 5.74) is 0.791. The van der Waals surface area contributed by atoms with E-state index in [-0.39, 0.29) is 5.91 Å². The molecule has 9 heteroatoms. The van der Waals surface area contributed by atoms with Crippen molar-refractivity contribution in [2.75, 3.05) is 33.1 Å². The molecule has 0 saturated carbocycles. The van der Waals surface area contributed by atoms with Gasteiger partial charge in [-0.3, -0.25) is 9.48 Å². The Labute approximate surface area is 143 Å². The number of piperidine rings is 1. The molecular weight excluding hydrogens is 332 g/mol. The van der Waals surface area contributed by atoms with E-state index < -0.39 is 15.6 Å². The molecule has 1 fully saturated rings. The zero-order valence-corrected chi connectivity index (χ0v) is 15.5. The van der Waals surface area contributed by atoms with Crippen molar-refractivity contribution in [3.63, 3.8) is 0 Å². The summed E-state index contributed by atoms with van der Waals surface area (Å²) < 4.78 is 32.9. The van der Waals surface area contributed by atoms with Gasteiger partial charge in [0.1, 0.15) is 0 Å². The zero-order chi connectivity index (χ0) is 18.0. The van der Waals surface area contributed by atoms with Crippen molar-refractivity contribution >= 4 is 15.9 Å². The van der Waals surface area contributed by atoms with Gasteiger partial charge >= 0.3 is 0 Å². The van der Waals surface area contributed by atoms with Crippen LogP contribution in [0.3, 0.4) is 0 Å². The SMILES string of the molecule is COCCC1(NS(C)(=O)=O)CCN(C(=O)c2cc(C)n(C)n2)CC1. The van der Waals surface area contributed by atoms with Gasteiger partial charge < -0.3 is 9.64 Å². The number of ether oxygens (including phenoxy) is 1. The van der Waals surface area contributed by atoms with Crippen molar-refractivity contribution in [3.8, 4) is 0 Å². The number of rotatable bonds is 6. The van der Waals surface area contributed by atoms with Gasteiger partial charge in [0, 0.05) is 45.1 Å². The minimum absolute atomic E-state index is 0.113. The number of hydrogen-bond acceptors (Lipinski definition) is 5. The fraction of sp³-hybridized carbons (Fsp3) is 0.733. The van der Waals surface area contributed by atoms with Crippen LogP contribution < -0.4 is 4.72 Å². The van der Waals surface area contributed by atoms with E-state index in [4.69, 9.17) is 4.74 Å². The van der Waals surface area contributed by atoms with Gasteiger partial charge in [-0.1, -0.05) is 0 Å². The van der Waals surface area contributed by atoms with Crippen LogP contribution in [-0.4, -0.2) is 67.6 Å². The molecule has 2 rings (SSSR count). The lowest BCUT2D eigenvalue weighted by Crippen LogP contribution is -2.56. The number of carbonyl (C=O) groups is 1. The van der Waals surface area contributed by atoms with Crippen molar-refractivity contribution in [1.29, 1.82) is 0 Å². The van der Waals surface area contributed by atoms with E-state index in [1.807, 2.05) is 6.92 Å². The lowest BCUT2D eigenvalue weighted by atomic mass is 9.85. The van der Waals surface area contributed by atoms with E-state index in [0.717, 1.165) is 11.9 Å². The van der Waals surface area contributed by atoms with Crippen molar-refractivity contribution in [2.45, 2.75) is 31.7 Å². The Morgan fingerprint density at radius 3 is 2.50 bits per heavy atom. The fourth-order valence-electron chi connectivity index (χ4n) is 3.06. The van der Waals surface area contributed by atoms with E-state index in [1.165, 1.54) is 0 Å². The van der Waals surface area contributed by atoms with Crippen LogP contribution in [-0.2, 0) is 21.8 Å². The van der Waals surface area contributed by atoms with Gasteiger partial charge in [-0.25, -0.2) is 13.1 Å². The number of methoxy groups -OCH3 is 1. The predicted molar refractivity (Wildman–Crippen MR) is 90.3 cm³/mol. The Kier molecular flexibility index (Phi) is 5.67. The van der Waals surface area contributed by atoms with Gasteiger partial charge in [-0.2, -0.15) is 5.10 Å². The smallest absolute Gasteiger partial charge is 0.274 e. The van der Waals surface area contributed by atoms with Gasteiger partial charge in [0.05, 0.1) is 6.26 Å². The van der Waals surface area contributed by atoms with E-state index in [2.05, 4.69) is 9.82 Å². The van der Waals surface area contributed by atoms with Gasteiger partial charge in [0.25, 0.3) is 5.91 Å². The molecule has 1 saturated heterocycles. The molecule has 0 aliphatic carbocycles. The molecule has 0 atom stereocenters. The average Bonchev–Trinajstić information content (AvgIpc) is 2.83. The van der Waals surface area contributed by atoms with Gasteiger partial charge in [-0.15, -0.1) is 0 Å². The number of hydrogen-bond donors (Lipinski definition) is 1. The molecule has 0 spiro atoms. The molecule has 136 valence electrons. The third kappa shape index (κ3) is 4.55. The fourth-order valence-corrected chi connectivity index (χ4v) is 4.15. The van der Waals surface area contributed by atoms with Crippen LogP contribution in [0.4, 0.5) is 0 Å². The zero-order valence-electron chi connectivity index (χ0n) is 14.7. The predicted octanol–water partition coefficient (Wildman–Crippen LogP) is 0.289. The first kappa shape index (κ1) is 18.9. The summed E-state index contributed by atoms with van der Waals surface area (Å²) in [6, 6.07) is 1.77. The molecule has 1 aliphatic rings. The van der Waals surface area contributed by atoms with Gasteiger partial charge in [-0.05, 0) is 32.3 Å². The monoisotopic (exact) mass is 358 g/mol. The average molecular weight is 358 g/mol. The molecule has 1 aromatic rings. The molecule has 1 N–H and O–H groups in total. The first-order chi connectivity index (χ1) is 11.2. The number of carbonyl (C=O) groups excluding carboxylic acids is 1. The van der Waals surface area contributed by atoms with Crippen molar-refractivity contribution < 1.29 is 17.9 Å². The van der Waals surface area contributed by atoms with E-state index in [0.29, 0.717) is 44.7 Å². The van der Waals surface area contributed by atoms with Crippen LogP contribution in [0.5, 0.6) is 0 Å². The molecule has 0 unspecified atom stereocenters. The molecule has 1 amide bonds. The first-order valence-electron chi connectivity index (χ1n) is 7.94. The summed E-state index contributed by atoms with van der Waals surface area (Å²) in [6.07, 6.45) is 2.86. The second kappa shape index (κ2) is 7.20. The maximum absolute atomic E-state index is 12.6. The van der Waals surface area contributed by atoms with Crippen LogP contribution in [0.1, 0.15) is 35.4 Å². The Morgan fingerprint density at radius 2 is 2.04 bits per heavy atom. The Morgan fingerprint density at radius 1 is 1.42 bits per heavy atom. The van der Waals surface area contributed by atoms with Crippen LogP contribution in [0, 0.1) is 6.92 Å². The maximum Gasteiger partial charge on any atom is 0.274 e. The number of nitrogens with zero attached hydrogens (tertiary/aromatic N) is 3. The molecule has 1 aliphatic heterocycles.